The molecule has 0 unspecified atom stereocenters. The molecule has 1 aliphatic rings. The number of nitro groups is 1. The van der Waals surface area contributed by atoms with Gasteiger partial charge in [-0.25, -0.2) is 0 Å². The molecule has 1 aromatic carbocycles. The Morgan fingerprint density at radius 1 is 1.26 bits per heavy atom. The lowest BCUT2D eigenvalue weighted by Crippen LogP contribution is -2.12. The van der Waals surface area contributed by atoms with Crippen LogP contribution in [0.5, 0.6) is 0 Å². The minimum Gasteiger partial charge on any atom is -0.373 e. The number of rotatable bonds is 4. The average Bonchev–Trinajstić information content (AvgIpc) is 2.66. The number of nitrogens with zero attached hydrogens (tertiary/aromatic N) is 1. The molecule has 19 heavy (non-hydrogen) atoms. The Hall–Kier alpha value is -1.49. The van der Waals surface area contributed by atoms with Crippen LogP contribution in [0, 0.1) is 15.9 Å². The van der Waals surface area contributed by atoms with Gasteiger partial charge < -0.3 is 4.74 Å². The maximum absolute atomic E-state index is 13.8. The molecular weight excluding hydrogens is 249 g/mol. The molecular formula is C14H18FNO3. The van der Waals surface area contributed by atoms with E-state index in [1.54, 1.807) is 6.07 Å². The van der Waals surface area contributed by atoms with Crippen molar-refractivity contribution in [2.45, 2.75) is 51.2 Å². The number of nitro benzene ring substituents is 1. The Kier molecular flexibility index (Phi) is 4.85. The van der Waals surface area contributed by atoms with Gasteiger partial charge >= 0.3 is 5.69 Å². The second kappa shape index (κ2) is 6.61. The van der Waals surface area contributed by atoms with Crippen LogP contribution in [0.2, 0.25) is 0 Å². The molecule has 1 aromatic rings. The maximum Gasteiger partial charge on any atom is 0.305 e. The Labute approximate surface area is 111 Å². The lowest BCUT2D eigenvalue weighted by Gasteiger charge is -2.15. The van der Waals surface area contributed by atoms with Crippen LogP contribution < -0.4 is 0 Å². The van der Waals surface area contributed by atoms with Crippen LogP contribution in [0.25, 0.3) is 0 Å². The Morgan fingerprint density at radius 2 is 1.95 bits per heavy atom. The largest absolute Gasteiger partial charge is 0.373 e. The summed E-state index contributed by atoms with van der Waals surface area (Å²) in [7, 11) is 0. The van der Waals surface area contributed by atoms with E-state index in [0.717, 1.165) is 25.7 Å². The summed E-state index contributed by atoms with van der Waals surface area (Å²) in [6.07, 6.45) is 6.88. The normalized spacial score (nSPS) is 17.1. The lowest BCUT2D eigenvalue weighted by atomic mass is 10.1. The van der Waals surface area contributed by atoms with Crippen LogP contribution in [-0.2, 0) is 11.3 Å². The summed E-state index contributed by atoms with van der Waals surface area (Å²) in [6.45, 7) is 0.109. The Morgan fingerprint density at radius 3 is 2.58 bits per heavy atom. The molecule has 0 N–H and O–H groups in total. The van der Waals surface area contributed by atoms with Gasteiger partial charge in [0.05, 0.1) is 17.6 Å². The van der Waals surface area contributed by atoms with Crippen molar-refractivity contribution in [2.75, 3.05) is 0 Å². The first-order valence-corrected chi connectivity index (χ1v) is 6.72. The molecule has 0 aliphatic heterocycles. The number of hydrogen-bond acceptors (Lipinski definition) is 3. The summed E-state index contributed by atoms with van der Waals surface area (Å²) in [6, 6.07) is 4.20. The van der Waals surface area contributed by atoms with Gasteiger partial charge in [-0.1, -0.05) is 37.8 Å². The highest BCUT2D eigenvalue weighted by molar-refractivity contribution is 5.36. The highest BCUT2D eigenvalue weighted by Crippen LogP contribution is 2.24. The number of ether oxygens (including phenoxy) is 1. The van der Waals surface area contributed by atoms with E-state index < -0.39 is 16.4 Å². The minimum atomic E-state index is -0.777. The molecule has 0 atom stereocenters. The van der Waals surface area contributed by atoms with Crippen molar-refractivity contribution in [1.82, 2.24) is 0 Å². The molecule has 0 bridgehead atoms. The van der Waals surface area contributed by atoms with Gasteiger partial charge in [0.25, 0.3) is 0 Å². The topological polar surface area (TPSA) is 52.4 Å². The molecule has 0 heterocycles. The molecule has 2 rings (SSSR count). The molecule has 1 fully saturated rings. The van der Waals surface area contributed by atoms with Crippen molar-refractivity contribution in [3.8, 4) is 0 Å². The monoisotopic (exact) mass is 267 g/mol. The summed E-state index contributed by atoms with van der Waals surface area (Å²) in [5.41, 5.74) is -0.222. The molecule has 0 saturated heterocycles. The third-order valence-corrected chi connectivity index (χ3v) is 3.53. The van der Waals surface area contributed by atoms with E-state index in [2.05, 4.69) is 0 Å². The molecule has 0 radical (unpaired) electrons. The molecule has 0 spiro atoms. The van der Waals surface area contributed by atoms with Crippen molar-refractivity contribution < 1.29 is 14.1 Å². The van der Waals surface area contributed by atoms with Crippen LogP contribution in [0.3, 0.4) is 0 Å². The summed E-state index contributed by atoms with van der Waals surface area (Å²) >= 11 is 0. The van der Waals surface area contributed by atoms with Gasteiger partial charge in [0.2, 0.25) is 5.82 Å². The predicted octanol–water partition coefficient (Wildman–Crippen LogP) is 3.97. The third-order valence-electron chi connectivity index (χ3n) is 3.53. The Balaban J connectivity index is 1.99. The zero-order valence-electron chi connectivity index (χ0n) is 10.8. The third kappa shape index (κ3) is 3.73. The van der Waals surface area contributed by atoms with Gasteiger partial charge in [-0.05, 0) is 12.8 Å². The Bertz CT molecular complexity index is 442. The van der Waals surface area contributed by atoms with E-state index in [4.69, 9.17) is 4.74 Å². The maximum atomic E-state index is 13.8. The van der Waals surface area contributed by atoms with Crippen LogP contribution in [0.15, 0.2) is 18.2 Å². The summed E-state index contributed by atoms with van der Waals surface area (Å²) in [4.78, 5) is 9.95. The first-order chi connectivity index (χ1) is 9.18. The summed E-state index contributed by atoms with van der Waals surface area (Å²) < 4.78 is 19.5. The second-order valence-corrected chi connectivity index (χ2v) is 4.93. The molecule has 4 nitrogen and oxygen atoms in total. The molecule has 1 saturated carbocycles. The van der Waals surface area contributed by atoms with Gasteiger partial charge in [0.1, 0.15) is 0 Å². The van der Waals surface area contributed by atoms with E-state index in [1.807, 2.05) is 0 Å². The van der Waals surface area contributed by atoms with Crippen LogP contribution >= 0.6 is 0 Å². The van der Waals surface area contributed by atoms with Crippen molar-refractivity contribution in [3.05, 3.63) is 39.7 Å². The quantitative estimate of drug-likeness (QED) is 0.471. The van der Waals surface area contributed by atoms with Crippen LogP contribution in [0.1, 0.15) is 44.1 Å². The fourth-order valence-corrected chi connectivity index (χ4v) is 2.43. The highest BCUT2D eigenvalue weighted by Gasteiger charge is 2.19. The predicted molar refractivity (Wildman–Crippen MR) is 69.3 cm³/mol. The van der Waals surface area contributed by atoms with E-state index in [0.29, 0.717) is 0 Å². The first kappa shape index (κ1) is 13.9. The van der Waals surface area contributed by atoms with Crippen molar-refractivity contribution >= 4 is 5.69 Å². The van der Waals surface area contributed by atoms with Gasteiger partial charge in [-0.15, -0.1) is 0 Å². The summed E-state index contributed by atoms with van der Waals surface area (Å²) in [5.74, 6) is -0.777. The van der Waals surface area contributed by atoms with E-state index >= 15 is 0 Å². The molecule has 5 heteroatoms. The van der Waals surface area contributed by atoms with E-state index in [9.17, 15) is 14.5 Å². The second-order valence-electron chi connectivity index (χ2n) is 4.93. The average molecular weight is 267 g/mol. The van der Waals surface area contributed by atoms with Gasteiger partial charge in [0, 0.05) is 11.6 Å². The van der Waals surface area contributed by atoms with Crippen LogP contribution in [-0.4, -0.2) is 11.0 Å². The highest BCUT2D eigenvalue weighted by atomic mass is 19.1. The van der Waals surface area contributed by atoms with Crippen LogP contribution in [0.4, 0.5) is 10.1 Å². The number of halogens is 1. The zero-order chi connectivity index (χ0) is 13.7. The van der Waals surface area contributed by atoms with Crippen molar-refractivity contribution in [3.63, 3.8) is 0 Å². The van der Waals surface area contributed by atoms with Crippen molar-refractivity contribution in [1.29, 1.82) is 0 Å². The number of hydrogen-bond donors (Lipinski definition) is 0. The summed E-state index contributed by atoms with van der Waals surface area (Å²) in [5, 5.41) is 10.7. The molecule has 0 amide bonds. The standard InChI is InChI=1S/C14H18FNO3/c15-14-11(6-5-9-13(14)16(17)18)10-19-12-7-3-1-2-4-8-12/h5-6,9,12H,1-4,7-8,10H2. The molecule has 104 valence electrons. The van der Waals surface area contributed by atoms with E-state index in [-0.39, 0.29) is 18.3 Å². The molecule has 1 aliphatic carbocycles. The lowest BCUT2D eigenvalue weighted by molar-refractivity contribution is -0.387. The van der Waals surface area contributed by atoms with Crippen molar-refractivity contribution in [2.24, 2.45) is 0 Å². The van der Waals surface area contributed by atoms with Gasteiger partial charge in [0.15, 0.2) is 0 Å². The fraction of sp³-hybridized carbons (Fsp3) is 0.571. The number of benzene rings is 1. The van der Waals surface area contributed by atoms with E-state index in [1.165, 1.54) is 25.0 Å². The minimum absolute atomic E-state index is 0.109. The molecule has 0 aromatic heterocycles. The fourth-order valence-electron chi connectivity index (χ4n) is 2.43. The SMILES string of the molecule is O=[N+]([O-])c1cccc(COC2CCCCCC2)c1F. The smallest absolute Gasteiger partial charge is 0.305 e. The van der Waals surface area contributed by atoms with Gasteiger partial charge in [-0.3, -0.25) is 10.1 Å². The zero-order valence-corrected chi connectivity index (χ0v) is 10.8. The van der Waals surface area contributed by atoms with Gasteiger partial charge in [-0.2, -0.15) is 4.39 Å². The first-order valence-electron chi connectivity index (χ1n) is 6.72.